The Labute approximate surface area is 174 Å². The zero-order valence-electron chi connectivity index (χ0n) is 16.8. The largest absolute Gasteiger partial charge is 0.490 e. The van der Waals surface area contributed by atoms with Crippen molar-refractivity contribution in [3.8, 4) is 17.1 Å². The van der Waals surface area contributed by atoms with E-state index in [2.05, 4.69) is 27.1 Å². The Hall–Kier alpha value is -3.74. The van der Waals surface area contributed by atoms with Crippen LogP contribution in [-0.2, 0) is 11.2 Å². The topological polar surface area (TPSA) is 97.0 Å². The molecule has 0 aliphatic heterocycles. The van der Waals surface area contributed by atoms with Crippen molar-refractivity contribution < 1.29 is 9.53 Å². The monoisotopic (exact) mass is 404 g/mol. The van der Waals surface area contributed by atoms with Gasteiger partial charge in [0.15, 0.2) is 5.82 Å². The summed E-state index contributed by atoms with van der Waals surface area (Å²) in [6.45, 7) is 5.92. The first-order valence-corrected chi connectivity index (χ1v) is 9.71. The number of carbonyl (C=O) groups is 1. The Bertz CT molecular complexity index is 1060. The average molecular weight is 404 g/mol. The van der Waals surface area contributed by atoms with Crippen LogP contribution in [0.5, 0.6) is 5.75 Å². The van der Waals surface area contributed by atoms with Crippen LogP contribution in [-0.4, -0.2) is 27.7 Å². The second-order valence-electron chi connectivity index (χ2n) is 6.78. The molecule has 1 atom stereocenters. The van der Waals surface area contributed by atoms with Gasteiger partial charge in [-0.15, -0.1) is 10.2 Å². The predicted octanol–water partition coefficient (Wildman–Crippen LogP) is 3.21. The number of aromatic nitrogens is 3. The summed E-state index contributed by atoms with van der Waals surface area (Å²) in [6.07, 6.45) is 2.01. The Morgan fingerprint density at radius 3 is 2.73 bits per heavy atom. The number of aryl methyl sites for hydroxylation is 1. The molecule has 1 aromatic heterocycles. The van der Waals surface area contributed by atoms with Gasteiger partial charge in [0.1, 0.15) is 18.1 Å². The van der Waals surface area contributed by atoms with Crippen molar-refractivity contribution in [1.29, 1.82) is 0 Å². The molecule has 154 valence electrons. The van der Waals surface area contributed by atoms with Crippen LogP contribution in [0.2, 0.25) is 0 Å². The number of hydrogen-bond donors (Lipinski definition) is 2. The Balaban J connectivity index is 1.61. The quantitative estimate of drug-likeness (QED) is 0.534. The van der Waals surface area contributed by atoms with Gasteiger partial charge in [0.25, 0.3) is 5.56 Å². The number of amides is 1. The molecule has 0 aliphatic carbocycles. The number of aromatic amines is 1. The highest BCUT2D eigenvalue weighted by atomic mass is 16.5. The molecule has 7 heteroatoms. The molecule has 0 spiro atoms. The normalized spacial score (nSPS) is 11.5. The lowest BCUT2D eigenvalue weighted by molar-refractivity contribution is -0.121. The first-order chi connectivity index (χ1) is 14.6. The van der Waals surface area contributed by atoms with E-state index in [4.69, 9.17) is 4.74 Å². The third-order valence-corrected chi connectivity index (χ3v) is 4.51. The summed E-state index contributed by atoms with van der Waals surface area (Å²) >= 11 is 0. The Kier molecular flexibility index (Phi) is 7.10. The molecule has 1 amide bonds. The summed E-state index contributed by atoms with van der Waals surface area (Å²) in [7, 11) is 0. The zero-order chi connectivity index (χ0) is 21.3. The van der Waals surface area contributed by atoms with Crippen LogP contribution in [0.3, 0.4) is 0 Å². The smallest absolute Gasteiger partial charge is 0.273 e. The number of benzene rings is 2. The molecule has 1 heterocycles. The number of ether oxygens (including phenoxy) is 1. The maximum atomic E-state index is 12.4. The highest BCUT2D eigenvalue weighted by Crippen LogP contribution is 2.20. The second kappa shape index (κ2) is 10.2. The van der Waals surface area contributed by atoms with Crippen molar-refractivity contribution >= 4 is 5.91 Å². The minimum atomic E-state index is -0.360. The molecule has 3 rings (SSSR count). The highest BCUT2D eigenvalue weighted by Gasteiger charge is 2.12. The minimum Gasteiger partial charge on any atom is -0.490 e. The van der Waals surface area contributed by atoms with E-state index in [1.54, 1.807) is 24.3 Å². The van der Waals surface area contributed by atoms with E-state index in [1.807, 2.05) is 43.3 Å². The lowest BCUT2D eigenvalue weighted by atomic mass is 10.1. The maximum Gasteiger partial charge on any atom is 0.273 e. The van der Waals surface area contributed by atoms with Gasteiger partial charge in [0, 0.05) is 18.4 Å². The van der Waals surface area contributed by atoms with Gasteiger partial charge in [-0.1, -0.05) is 55.1 Å². The fourth-order valence-electron chi connectivity index (χ4n) is 2.91. The third-order valence-electron chi connectivity index (χ3n) is 4.51. The zero-order valence-corrected chi connectivity index (χ0v) is 16.8. The molecule has 0 saturated carbocycles. The van der Waals surface area contributed by atoms with Crippen molar-refractivity contribution in [3.05, 3.63) is 88.9 Å². The van der Waals surface area contributed by atoms with Crippen LogP contribution >= 0.6 is 0 Å². The first kappa shape index (κ1) is 21.0. The lowest BCUT2D eigenvalue weighted by Crippen LogP contribution is -2.28. The summed E-state index contributed by atoms with van der Waals surface area (Å²) in [5.74, 6) is 0.835. The van der Waals surface area contributed by atoms with Crippen LogP contribution < -0.4 is 15.6 Å². The van der Waals surface area contributed by atoms with Crippen molar-refractivity contribution in [2.45, 2.75) is 25.8 Å². The summed E-state index contributed by atoms with van der Waals surface area (Å²) in [5.41, 5.74) is 1.57. The molecule has 0 radical (unpaired) electrons. The van der Waals surface area contributed by atoms with Gasteiger partial charge in [-0.3, -0.25) is 9.59 Å². The Morgan fingerprint density at radius 1 is 1.20 bits per heavy atom. The summed E-state index contributed by atoms with van der Waals surface area (Å²) in [4.78, 5) is 27.4. The second-order valence-corrected chi connectivity index (χ2v) is 6.78. The molecule has 30 heavy (non-hydrogen) atoms. The van der Waals surface area contributed by atoms with Gasteiger partial charge in [-0.25, -0.2) is 0 Å². The van der Waals surface area contributed by atoms with Crippen molar-refractivity contribution in [2.75, 3.05) is 6.61 Å². The van der Waals surface area contributed by atoms with Crippen LogP contribution in [0.15, 0.2) is 72.0 Å². The predicted molar refractivity (Wildman–Crippen MR) is 115 cm³/mol. The van der Waals surface area contributed by atoms with Gasteiger partial charge in [-0.2, -0.15) is 0 Å². The summed E-state index contributed by atoms with van der Waals surface area (Å²) < 4.78 is 5.50. The van der Waals surface area contributed by atoms with Crippen LogP contribution in [0.4, 0.5) is 0 Å². The van der Waals surface area contributed by atoms with Gasteiger partial charge < -0.3 is 15.0 Å². The maximum absolute atomic E-state index is 12.4. The first-order valence-electron chi connectivity index (χ1n) is 9.71. The number of hydrogen-bond acceptors (Lipinski definition) is 5. The van der Waals surface area contributed by atoms with E-state index in [0.717, 1.165) is 5.56 Å². The van der Waals surface area contributed by atoms with Crippen molar-refractivity contribution in [2.24, 2.45) is 0 Å². The summed E-state index contributed by atoms with van der Waals surface area (Å²) in [5, 5.41) is 11.1. The molecular weight excluding hydrogens is 380 g/mol. The number of H-pyrrole nitrogens is 1. The fourth-order valence-corrected chi connectivity index (χ4v) is 2.91. The van der Waals surface area contributed by atoms with Gasteiger partial charge in [0.2, 0.25) is 5.91 Å². The van der Waals surface area contributed by atoms with Crippen molar-refractivity contribution in [3.63, 3.8) is 0 Å². The Morgan fingerprint density at radius 2 is 2.00 bits per heavy atom. The number of nitrogens with one attached hydrogen (secondary N) is 2. The molecule has 3 aromatic rings. The molecule has 0 fully saturated rings. The number of carbonyl (C=O) groups excluding carboxylic acids is 1. The van der Waals surface area contributed by atoms with Crippen LogP contribution in [0.25, 0.3) is 11.4 Å². The summed E-state index contributed by atoms with van der Waals surface area (Å²) in [6, 6.07) is 16.8. The fraction of sp³-hybridized carbons (Fsp3) is 0.217. The van der Waals surface area contributed by atoms with E-state index in [-0.39, 0.29) is 36.0 Å². The average Bonchev–Trinajstić information content (AvgIpc) is 2.77. The minimum absolute atomic E-state index is 0.110. The van der Waals surface area contributed by atoms with E-state index in [1.165, 1.54) is 0 Å². The molecule has 1 unspecified atom stereocenters. The molecule has 0 aliphatic rings. The highest BCUT2D eigenvalue weighted by molar-refractivity contribution is 5.76. The van der Waals surface area contributed by atoms with Crippen LogP contribution in [0, 0.1) is 0 Å². The van der Waals surface area contributed by atoms with Crippen molar-refractivity contribution in [1.82, 2.24) is 20.5 Å². The molecule has 2 N–H and O–H groups in total. The SMILES string of the molecule is C=CCOc1cccc(-c2nnc(CCC(=O)NC(C)c3ccccc3)c(=O)[nH]2)c1. The van der Waals surface area contributed by atoms with E-state index >= 15 is 0 Å². The molecule has 0 bridgehead atoms. The number of rotatable bonds is 9. The molecule has 7 nitrogen and oxygen atoms in total. The van der Waals surface area contributed by atoms with E-state index in [0.29, 0.717) is 23.7 Å². The standard InChI is InChI=1S/C23H24N4O3/c1-3-14-30-19-11-7-10-18(15-19)22-25-23(29)20(26-27-22)12-13-21(28)24-16(2)17-8-5-4-6-9-17/h3-11,15-16H,1,12-14H2,2H3,(H,24,28)(H,25,27,29). The van der Waals surface area contributed by atoms with Gasteiger partial charge in [0.05, 0.1) is 6.04 Å². The lowest BCUT2D eigenvalue weighted by Gasteiger charge is -2.14. The van der Waals surface area contributed by atoms with E-state index in [9.17, 15) is 9.59 Å². The molecular formula is C23H24N4O3. The molecule has 2 aromatic carbocycles. The molecule has 0 saturated heterocycles. The van der Waals surface area contributed by atoms with Gasteiger partial charge >= 0.3 is 0 Å². The van der Waals surface area contributed by atoms with Crippen LogP contribution in [0.1, 0.15) is 30.6 Å². The van der Waals surface area contributed by atoms with Gasteiger partial charge in [-0.05, 0) is 24.6 Å². The number of nitrogens with zero attached hydrogens (tertiary/aromatic N) is 2. The van der Waals surface area contributed by atoms with E-state index < -0.39 is 0 Å². The third kappa shape index (κ3) is 5.64.